The van der Waals surface area contributed by atoms with Crippen LogP contribution < -0.4 is 14.8 Å². The number of hydrogen-bond acceptors (Lipinski definition) is 8. The average molecular weight is 593 g/mol. The van der Waals surface area contributed by atoms with E-state index in [-0.39, 0.29) is 30.5 Å². The number of likely N-dealkylation sites (N-methyl/N-ethyl adjacent to an activating group) is 1. The van der Waals surface area contributed by atoms with Crippen molar-refractivity contribution in [2.75, 3.05) is 60.1 Å². The van der Waals surface area contributed by atoms with Gasteiger partial charge in [-0.2, -0.15) is 0 Å². The fourth-order valence-corrected chi connectivity index (χ4v) is 7.13. The number of methoxy groups -OCH3 is 1. The molecule has 232 valence electrons. The van der Waals surface area contributed by atoms with E-state index in [4.69, 9.17) is 18.9 Å². The van der Waals surface area contributed by atoms with Crippen molar-refractivity contribution in [3.05, 3.63) is 53.6 Å². The number of likely N-dealkylation sites (tertiary alicyclic amines) is 1. The first-order chi connectivity index (χ1) is 20.9. The lowest BCUT2D eigenvalue weighted by atomic mass is 9.78. The van der Waals surface area contributed by atoms with Crippen LogP contribution in [-0.4, -0.2) is 104 Å². The molecular weight excluding hydrogens is 548 g/mol. The molecule has 1 aliphatic carbocycles. The maximum absolute atomic E-state index is 14.4. The minimum atomic E-state index is -0.499. The summed E-state index contributed by atoms with van der Waals surface area (Å²) in [6.07, 6.45) is 4.68. The second kappa shape index (κ2) is 13.2. The zero-order chi connectivity index (χ0) is 29.8. The molecule has 0 aromatic heterocycles. The van der Waals surface area contributed by atoms with Crippen LogP contribution in [0.3, 0.4) is 0 Å². The predicted molar refractivity (Wildman–Crippen MR) is 161 cm³/mol. The quantitative estimate of drug-likeness (QED) is 0.581. The van der Waals surface area contributed by atoms with Gasteiger partial charge in [0, 0.05) is 32.7 Å². The molecule has 3 fully saturated rings. The summed E-state index contributed by atoms with van der Waals surface area (Å²) in [5.74, 6) is 2.03. The maximum atomic E-state index is 14.4. The summed E-state index contributed by atoms with van der Waals surface area (Å²) >= 11 is 0. The standard InChI is InChI=1S/C33H44N4O6/c1-35-19-24-9-10-28(40-2)29(18-24)43-26-8-6-7-25(17-26)23-42-30-21-36(20-27(30)34-31(38)22-35)32(39)33(11-4-3-5-12-33)37-13-15-41-16-14-37/h6-10,17-18,27,30H,3-5,11-16,19-23H2,1-2H3,(H,34,38)/t27-,30-/m0/s1. The number of amides is 2. The van der Waals surface area contributed by atoms with Gasteiger partial charge in [-0.3, -0.25) is 19.4 Å². The number of hydrogen-bond donors (Lipinski definition) is 1. The van der Waals surface area contributed by atoms with Gasteiger partial charge in [0.15, 0.2) is 11.5 Å². The molecule has 2 amide bonds. The number of ether oxygens (including phenoxy) is 4. The maximum Gasteiger partial charge on any atom is 0.243 e. The molecule has 3 heterocycles. The van der Waals surface area contributed by atoms with Crippen LogP contribution in [0, 0.1) is 0 Å². The molecule has 43 heavy (non-hydrogen) atoms. The zero-order valence-electron chi connectivity index (χ0n) is 25.4. The van der Waals surface area contributed by atoms with Crippen LogP contribution >= 0.6 is 0 Å². The van der Waals surface area contributed by atoms with E-state index < -0.39 is 5.54 Å². The van der Waals surface area contributed by atoms with E-state index in [0.717, 1.165) is 56.3 Å². The number of nitrogens with zero attached hydrogens (tertiary/aromatic N) is 3. The van der Waals surface area contributed by atoms with E-state index in [0.29, 0.717) is 56.7 Å². The Hall–Kier alpha value is -3.18. The first-order valence-electron chi connectivity index (χ1n) is 15.6. The number of morpholine rings is 1. The SMILES string of the molecule is COc1ccc2cc1Oc1cccc(c1)CO[C@H]1CN(C(=O)C3(N4CCOCC4)CCCCC3)C[C@@H]1NC(=O)CN(C)C2. The third-order valence-corrected chi connectivity index (χ3v) is 9.28. The summed E-state index contributed by atoms with van der Waals surface area (Å²) in [5.41, 5.74) is 1.46. The van der Waals surface area contributed by atoms with Gasteiger partial charge < -0.3 is 29.2 Å². The van der Waals surface area contributed by atoms with Crippen LogP contribution in [0.15, 0.2) is 42.5 Å². The van der Waals surface area contributed by atoms with Crippen molar-refractivity contribution in [2.45, 2.75) is 62.9 Å². The Morgan fingerprint density at radius 3 is 2.60 bits per heavy atom. The summed E-state index contributed by atoms with van der Waals surface area (Å²) in [6.45, 7) is 4.87. The molecule has 0 spiro atoms. The monoisotopic (exact) mass is 592 g/mol. The summed E-state index contributed by atoms with van der Waals surface area (Å²) in [6, 6.07) is 13.4. The molecule has 1 saturated carbocycles. The second-order valence-electron chi connectivity index (χ2n) is 12.3. The van der Waals surface area contributed by atoms with Crippen molar-refractivity contribution in [1.29, 1.82) is 0 Å². The van der Waals surface area contributed by atoms with Gasteiger partial charge in [-0.25, -0.2) is 0 Å². The highest BCUT2D eigenvalue weighted by atomic mass is 16.5. The van der Waals surface area contributed by atoms with E-state index in [1.165, 1.54) is 0 Å². The largest absolute Gasteiger partial charge is 0.493 e. The molecule has 4 aliphatic rings. The predicted octanol–water partition coefficient (Wildman–Crippen LogP) is 3.18. The Balaban J connectivity index is 1.25. The van der Waals surface area contributed by atoms with Gasteiger partial charge in [-0.1, -0.05) is 37.5 Å². The number of nitrogens with one attached hydrogen (secondary N) is 1. The van der Waals surface area contributed by atoms with Crippen molar-refractivity contribution >= 4 is 11.8 Å². The van der Waals surface area contributed by atoms with Crippen molar-refractivity contribution in [2.24, 2.45) is 0 Å². The topological polar surface area (TPSA) is 92.8 Å². The lowest BCUT2D eigenvalue weighted by Crippen LogP contribution is -2.63. The van der Waals surface area contributed by atoms with Crippen LogP contribution in [0.4, 0.5) is 0 Å². The van der Waals surface area contributed by atoms with Crippen LogP contribution in [0.1, 0.15) is 43.2 Å². The Morgan fingerprint density at radius 1 is 1.00 bits per heavy atom. The van der Waals surface area contributed by atoms with Crippen molar-refractivity contribution in [1.82, 2.24) is 20.0 Å². The smallest absolute Gasteiger partial charge is 0.243 e. The molecule has 2 aromatic rings. The van der Waals surface area contributed by atoms with Gasteiger partial charge in [0.2, 0.25) is 11.8 Å². The van der Waals surface area contributed by atoms with Gasteiger partial charge >= 0.3 is 0 Å². The van der Waals surface area contributed by atoms with Crippen molar-refractivity contribution in [3.63, 3.8) is 0 Å². The highest BCUT2D eigenvalue weighted by molar-refractivity contribution is 5.87. The molecule has 1 N–H and O–H groups in total. The zero-order valence-corrected chi connectivity index (χ0v) is 25.4. The van der Waals surface area contributed by atoms with E-state index in [9.17, 15) is 9.59 Å². The third kappa shape index (κ3) is 6.67. The Bertz CT molecular complexity index is 1290. The number of rotatable bonds is 3. The Labute approximate surface area is 254 Å². The van der Waals surface area contributed by atoms with E-state index >= 15 is 0 Å². The molecule has 2 aromatic carbocycles. The van der Waals surface area contributed by atoms with E-state index in [1.54, 1.807) is 7.11 Å². The minimum absolute atomic E-state index is 0.0879. The molecule has 0 radical (unpaired) electrons. The van der Waals surface area contributed by atoms with Crippen LogP contribution in [0.5, 0.6) is 17.2 Å². The molecule has 0 unspecified atom stereocenters. The van der Waals surface area contributed by atoms with Crippen LogP contribution in [-0.2, 0) is 32.2 Å². The van der Waals surface area contributed by atoms with Crippen molar-refractivity contribution < 1.29 is 28.5 Å². The highest BCUT2D eigenvalue weighted by Crippen LogP contribution is 2.37. The third-order valence-electron chi connectivity index (χ3n) is 9.28. The lowest BCUT2D eigenvalue weighted by Gasteiger charge is -2.48. The molecule has 4 bridgehead atoms. The summed E-state index contributed by atoms with van der Waals surface area (Å²) < 4.78 is 23.9. The molecule has 2 saturated heterocycles. The second-order valence-corrected chi connectivity index (χ2v) is 12.3. The van der Waals surface area contributed by atoms with Gasteiger partial charge in [0.25, 0.3) is 0 Å². The molecule has 6 rings (SSSR count). The summed E-state index contributed by atoms with van der Waals surface area (Å²) in [4.78, 5) is 34.0. The van der Waals surface area contributed by atoms with Gasteiger partial charge in [-0.05, 0) is 55.3 Å². The number of carbonyl (C=O) groups excluding carboxylic acids is 2. The van der Waals surface area contributed by atoms with Gasteiger partial charge in [-0.15, -0.1) is 0 Å². The Kier molecular flexibility index (Phi) is 9.18. The van der Waals surface area contributed by atoms with Crippen molar-refractivity contribution in [3.8, 4) is 17.2 Å². The number of benzene rings is 2. The van der Waals surface area contributed by atoms with Crippen LogP contribution in [0.2, 0.25) is 0 Å². The highest BCUT2D eigenvalue weighted by Gasteiger charge is 2.50. The molecular formula is C33H44N4O6. The molecule has 10 nitrogen and oxygen atoms in total. The fraction of sp³-hybridized carbons (Fsp3) is 0.576. The number of fused-ring (bicyclic) bond motifs is 5. The van der Waals surface area contributed by atoms with Crippen LogP contribution in [0.25, 0.3) is 0 Å². The first-order valence-corrected chi connectivity index (χ1v) is 15.6. The molecule has 3 aliphatic heterocycles. The number of carbonyl (C=O) groups is 2. The van der Waals surface area contributed by atoms with Gasteiger partial charge in [0.1, 0.15) is 11.3 Å². The minimum Gasteiger partial charge on any atom is -0.493 e. The van der Waals surface area contributed by atoms with E-state index in [1.807, 2.05) is 59.3 Å². The summed E-state index contributed by atoms with van der Waals surface area (Å²) in [7, 11) is 3.54. The lowest BCUT2D eigenvalue weighted by molar-refractivity contribution is -0.150. The molecule has 10 heteroatoms. The average Bonchev–Trinajstić information content (AvgIpc) is 3.42. The van der Waals surface area contributed by atoms with E-state index in [2.05, 4.69) is 10.2 Å². The van der Waals surface area contributed by atoms with Gasteiger partial charge in [0.05, 0.1) is 45.6 Å². The Morgan fingerprint density at radius 2 is 1.81 bits per heavy atom. The fourth-order valence-electron chi connectivity index (χ4n) is 7.13. The summed E-state index contributed by atoms with van der Waals surface area (Å²) in [5, 5.41) is 3.22. The molecule has 2 atom stereocenters. The first kappa shape index (κ1) is 29.9. The normalized spacial score (nSPS) is 25.3.